The lowest BCUT2D eigenvalue weighted by molar-refractivity contribution is -0.137. The highest BCUT2D eigenvalue weighted by Crippen LogP contribution is 2.20. The highest BCUT2D eigenvalue weighted by Gasteiger charge is 2.12. The molecule has 0 spiro atoms. The number of rotatable bonds is 8. The summed E-state index contributed by atoms with van der Waals surface area (Å²) in [5.74, 6) is 0.343. The Morgan fingerprint density at radius 3 is 2.65 bits per heavy atom. The monoisotopic (exact) mass is 394 g/mol. The van der Waals surface area contributed by atoms with Crippen molar-refractivity contribution in [3.63, 3.8) is 0 Å². The van der Waals surface area contributed by atoms with Gasteiger partial charge in [-0.25, -0.2) is 5.43 Å². The zero-order chi connectivity index (χ0) is 19.1. The molecule has 2 rings (SSSR count). The van der Waals surface area contributed by atoms with E-state index in [1.54, 1.807) is 32.0 Å². The van der Waals surface area contributed by atoms with Crippen molar-refractivity contribution >= 4 is 41.0 Å². The summed E-state index contributed by atoms with van der Waals surface area (Å²) in [6.45, 7) is 3.53. The summed E-state index contributed by atoms with van der Waals surface area (Å²) in [5, 5.41) is 13.5. The van der Waals surface area contributed by atoms with Gasteiger partial charge in [-0.2, -0.15) is 5.10 Å². The Kier molecular flexibility index (Phi) is 7.29. The SMILES string of the molecule is C/C(=N/NC(=O)CSc1ccc(Cl)cc1)c1cc(CCC(=O)O)oc1C. The van der Waals surface area contributed by atoms with Crippen LogP contribution in [0, 0.1) is 6.92 Å². The van der Waals surface area contributed by atoms with Gasteiger partial charge in [0.05, 0.1) is 17.9 Å². The summed E-state index contributed by atoms with van der Waals surface area (Å²) in [7, 11) is 0. The van der Waals surface area contributed by atoms with E-state index in [0.717, 1.165) is 10.5 Å². The number of thioether (sulfide) groups is 1. The molecule has 1 aromatic heterocycles. The van der Waals surface area contributed by atoms with E-state index in [9.17, 15) is 9.59 Å². The maximum absolute atomic E-state index is 11.9. The molecule has 0 aliphatic carbocycles. The molecule has 138 valence electrons. The van der Waals surface area contributed by atoms with Crippen LogP contribution in [0.25, 0.3) is 0 Å². The van der Waals surface area contributed by atoms with Gasteiger partial charge >= 0.3 is 5.97 Å². The van der Waals surface area contributed by atoms with Crippen LogP contribution in [0.4, 0.5) is 0 Å². The van der Waals surface area contributed by atoms with Crippen molar-refractivity contribution < 1.29 is 19.1 Å². The second-order valence-electron chi connectivity index (χ2n) is 5.55. The zero-order valence-electron chi connectivity index (χ0n) is 14.4. The fourth-order valence-electron chi connectivity index (χ4n) is 2.17. The molecule has 1 aromatic carbocycles. The van der Waals surface area contributed by atoms with Crippen LogP contribution in [0.3, 0.4) is 0 Å². The van der Waals surface area contributed by atoms with Crippen LogP contribution >= 0.6 is 23.4 Å². The van der Waals surface area contributed by atoms with E-state index in [0.29, 0.717) is 28.7 Å². The molecular weight excluding hydrogens is 376 g/mol. The molecule has 0 saturated heterocycles. The van der Waals surface area contributed by atoms with Crippen molar-refractivity contribution in [3.8, 4) is 0 Å². The Balaban J connectivity index is 1.89. The molecule has 0 aliphatic rings. The van der Waals surface area contributed by atoms with Crippen LogP contribution in [0.1, 0.15) is 30.4 Å². The Morgan fingerprint density at radius 1 is 1.31 bits per heavy atom. The molecule has 6 nitrogen and oxygen atoms in total. The number of aliphatic carboxylic acids is 1. The molecule has 1 heterocycles. The van der Waals surface area contributed by atoms with Crippen LogP contribution in [-0.2, 0) is 16.0 Å². The lowest BCUT2D eigenvalue weighted by atomic mass is 10.1. The van der Waals surface area contributed by atoms with E-state index in [1.807, 2.05) is 12.1 Å². The second-order valence-corrected chi connectivity index (χ2v) is 7.04. The number of benzene rings is 1. The summed E-state index contributed by atoms with van der Waals surface area (Å²) in [6.07, 6.45) is 0.314. The average molecular weight is 395 g/mol. The van der Waals surface area contributed by atoms with Gasteiger partial charge in [0.1, 0.15) is 11.5 Å². The number of hydrogen-bond acceptors (Lipinski definition) is 5. The van der Waals surface area contributed by atoms with Crippen molar-refractivity contribution in [2.45, 2.75) is 31.6 Å². The van der Waals surface area contributed by atoms with Gasteiger partial charge in [0.15, 0.2) is 0 Å². The number of aryl methyl sites for hydroxylation is 2. The maximum atomic E-state index is 11.9. The van der Waals surface area contributed by atoms with Gasteiger partial charge in [-0.15, -0.1) is 11.8 Å². The first-order chi connectivity index (χ1) is 12.3. The zero-order valence-corrected chi connectivity index (χ0v) is 16.0. The third-order valence-corrected chi connectivity index (χ3v) is 4.74. The van der Waals surface area contributed by atoms with Crippen molar-refractivity contribution in [1.29, 1.82) is 0 Å². The van der Waals surface area contributed by atoms with Crippen LogP contribution in [-0.4, -0.2) is 28.4 Å². The summed E-state index contributed by atoms with van der Waals surface area (Å²) in [6, 6.07) is 9.00. The van der Waals surface area contributed by atoms with E-state index in [2.05, 4.69) is 10.5 Å². The van der Waals surface area contributed by atoms with Gasteiger partial charge in [0.2, 0.25) is 5.91 Å². The fourth-order valence-corrected chi connectivity index (χ4v) is 2.99. The number of carbonyl (C=O) groups excluding carboxylic acids is 1. The summed E-state index contributed by atoms with van der Waals surface area (Å²) in [5.41, 5.74) is 3.86. The smallest absolute Gasteiger partial charge is 0.303 e. The minimum Gasteiger partial charge on any atom is -0.481 e. The third kappa shape index (κ3) is 6.24. The predicted molar refractivity (Wildman–Crippen MR) is 102 cm³/mol. The minimum atomic E-state index is -0.878. The fraction of sp³-hybridized carbons (Fsp3) is 0.278. The number of furan rings is 1. The standard InChI is InChI=1S/C18H19ClN2O4S/c1-11(16-9-14(25-12(16)2)5-8-18(23)24)20-21-17(22)10-26-15-6-3-13(19)4-7-15/h3-4,6-7,9H,5,8,10H2,1-2H3,(H,21,22)(H,23,24)/b20-11-. The highest BCUT2D eigenvalue weighted by molar-refractivity contribution is 8.00. The van der Waals surface area contributed by atoms with Gasteiger partial charge in [-0.3, -0.25) is 9.59 Å². The van der Waals surface area contributed by atoms with E-state index in [-0.39, 0.29) is 18.1 Å². The van der Waals surface area contributed by atoms with Gasteiger partial charge in [0, 0.05) is 21.9 Å². The van der Waals surface area contributed by atoms with Crippen LogP contribution in [0.5, 0.6) is 0 Å². The van der Waals surface area contributed by atoms with E-state index >= 15 is 0 Å². The largest absolute Gasteiger partial charge is 0.481 e. The Labute approximate surface area is 160 Å². The number of carboxylic acids is 1. The molecular formula is C18H19ClN2O4S. The molecule has 0 aliphatic heterocycles. The average Bonchev–Trinajstić information content (AvgIpc) is 2.98. The lowest BCUT2D eigenvalue weighted by Gasteiger charge is -2.03. The molecule has 0 fully saturated rings. The van der Waals surface area contributed by atoms with Crippen molar-refractivity contribution in [2.24, 2.45) is 5.10 Å². The first kappa shape index (κ1) is 20.1. The molecule has 26 heavy (non-hydrogen) atoms. The first-order valence-electron chi connectivity index (χ1n) is 7.88. The normalized spacial score (nSPS) is 11.4. The van der Waals surface area contributed by atoms with E-state index in [1.165, 1.54) is 11.8 Å². The summed E-state index contributed by atoms with van der Waals surface area (Å²) in [4.78, 5) is 23.5. The van der Waals surface area contributed by atoms with Gasteiger partial charge in [-0.05, 0) is 44.2 Å². The number of carboxylic acid groups (broad SMARTS) is 1. The number of hydrazone groups is 1. The van der Waals surface area contributed by atoms with Crippen LogP contribution in [0.2, 0.25) is 5.02 Å². The highest BCUT2D eigenvalue weighted by atomic mass is 35.5. The first-order valence-corrected chi connectivity index (χ1v) is 9.24. The maximum Gasteiger partial charge on any atom is 0.303 e. The molecule has 0 atom stereocenters. The molecule has 2 N–H and O–H groups in total. The predicted octanol–water partition coefficient (Wildman–Crippen LogP) is 3.89. The van der Waals surface area contributed by atoms with Gasteiger partial charge < -0.3 is 9.52 Å². The quantitative estimate of drug-likeness (QED) is 0.402. The molecule has 1 amide bonds. The van der Waals surface area contributed by atoms with Gasteiger partial charge in [-0.1, -0.05) is 11.6 Å². The molecule has 0 unspecified atom stereocenters. The minimum absolute atomic E-state index is 0.00123. The summed E-state index contributed by atoms with van der Waals surface area (Å²) >= 11 is 7.21. The number of halogens is 1. The van der Waals surface area contributed by atoms with Crippen LogP contribution in [0.15, 0.2) is 44.7 Å². The second kappa shape index (κ2) is 9.45. The van der Waals surface area contributed by atoms with Crippen molar-refractivity contribution in [2.75, 3.05) is 5.75 Å². The lowest BCUT2D eigenvalue weighted by Crippen LogP contribution is -2.21. The molecule has 0 bridgehead atoms. The molecule has 2 aromatic rings. The Morgan fingerprint density at radius 2 is 2.00 bits per heavy atom. The number of hydrogen-bond donors (Lipinski definition) is 2. The number of carbonyl (C=O) groups is 2. The Hall–Kier alpha value is -2.25. The van der Waals surface area contributed by atoms with Crippen molar-refractivity contribution in [3.05, 3.63) is 52.4 Å². The van der Waals surface area contributed by atoms with Crippen LogP contribution < -0.4 is 5.43 Å². The molecule has 0 radical (unpaired) electrons. The molecule has 0 saturated carbocycles. The number of nitrogens with one attached hydrogen (secondary N) is 1. The topological polar surface area (TPSA) is 91.9 Å². The third-order valence-electron chi connectivity index (χ3n) is 3.48. The van der Waals surface area contributed by atoms with Crippen molar-refractivity contribution in [1.82, 2.24) is 5.43 Å². The summed E-state index contributed by atoms with van der Waals surface area (Å²) < 4.78 is 5.54. The number of amides is 1. The van der Waals surface area contributed by atoms with E-state index < -0.39 is 5.97 Å². The van der Waals surface area contributed by atoms with Gasteiger partial charge in [0.25, 0.3) is 0 Å². The molecule has 8 heteroatoms. The number of nitrogens with zero attached hydrogens (tertiary/aromatic N) is 1. The Bertz CT molecular complexity index is 815. The van der Waals surface area contributed by atoms with E-state index in [4.69, 9.17) is 21.1 Å².